The number of sulfonamides is 1. The molecule has 26 heavy (non-hydrogen) atoms. The molecular formula is C19H20ClNO4S. The summed E-state index contributed by atoms with van der Waals surface area (Å²) in [6.45, 7) is 1.80. The number of hydrogen-bond acceptors (Lipinski definition) is 4. The molecule has 2 aromatic carbocycles. The molecule has 5 nitrogen and oxygen atoms in total. The summed E-state index contributed by atoms with van der Waals surface area (Å²) in [5.74, 6) is -0.682. The number of hydrogen-bond donors (Lipinski definition) is 1. The van der Waals surface area contributed by atoms with Crippen LogP contribution in [-0.2, 0) is 27.6 Å². The molecule has 0 saturated heterocycles. The summed E-state index contributed by atoms with van der Waals surface area (Å²) in [7, 11) is -2.60. The quantitative estimate of drug-likeness (QED) is 0.787. The maximum Gasteiger partial charge on any atom is 0.339 e. The standard InChI is InChI=1S/C19H20ClNO4S/c1-12(14-7-6-13-4-3-5-15(13)10-14)21-26(23,24)16-8-9-18(20)17(11-16)19(22)25-2/h6-12,21H,3-5H2,1-2H3/t12-/m1/s1. The van der Waals surface area contributed by atoms with E-state index in [1.165, 1.54) is 36.4 Å². The predicted molar refractivity (Wildman–Crippen MR) is 100.0 cm³/mol. The molecule has 0 saturated carbocycles. The van der Waals surface area contributed by atoms with Crippen molar-refractivity contribution < 1.29 is 17.9 Å². The van der Waals surface area contributed by atoms with Gasteiger partial charge in [0.15, 0.2) is 0 Å². The van der Waals surface area contributed by atoms with Crippen LogP contribution in [0.4, 0.5) is 0 Å². The molecular weight excluding hydrogens is 374 g/mol. The van der Waals surface area contributed by atoms with Gasteiger partial charge in [-0.25, -0.2) is 17.9 Å². The Kier molecular flexibility index (Phi) is 5.37. The molecule has 0 fully saturated rings. The van der Waals surface area contributed by atoms with Crippen molar-refractivity contribution in [3.8, 4) is 0 Å². The summed E-state index contributed by atoms with van der Waals surface area (Å²) in [6.07, 6.45) is 3.25. The summed E-state index contributed by atoms with van der Waals surface area (Å²) in [4.78, 5) is 11.7. The fourth-order valence-electron chi connectivity index (χ4n) is 3.17. The second-order valence-corrected chi connectivity index (χ2v) is 8.48. The first-order chi connectivity index (χ1) is 12.3. The van der Waals surface area contributed by atoms with E-state index in [0.717, 1.165) is 24.8 Å². The highest BCUT2D eigenvalue weighted by molar-refractivity contribution is 7.89. The lowest BCUT2D eigenvalue weighted by molar-refractivity contribution is 0.0600. The highest BCUT2D eigenvalue weighted by atomic mass is 35.5. The number of ether oxygens (including phenoxy) is 1. The van der Waals surface area contributed by atoms with Gasteiger partial charge in [-0.15, -0.1) is 0 Å². The van der Waals surface area contributed by atoms with Crippen LogP contribution in [0.15, 0.2) is 41.3 Å². The van der Waals surface area contributed by atoms with Gasteiger partial charge in [0.25, 0.3) is 0 Å². The molecule has 138 valence electrons. The predicted octanol–water partition coefficient (Wildman–Crippen LogP) is 3.65. The lowest BCUT2D eigenvalue weighted by Gasteiger charge is -2.16. The largest absolute Gasteiger partial charge is 0.465 e. The third-order valence-electron chi connectivity index (χ3n) is 4.61. The summed E-state index contributed by atoms with van der Waals surface area (Å²) >= 11 is 5.96. The highest BCUT2D eigenvalue weighted by Gasteiger charge is 2.22. The van der Waals surface area contributed by atoms with Gasteiger partial charge in [0.05, 0.1) is 22.6 Å². The smallest absolute Gasteiger partial charge is 0.339 e. The summed E-state index contributed by atoms with van der Waals surface area (Å²) in [5.41, 5.74) is 3.55. The van der Waals surface area contributed by atoms with Gasteiger partial charge in [0.1, 0.15) is 0 Å². The highest BCUT2D eigenvalue weighted by Crippen LogP contribution is 2.27. The zero-order valence-electron chi connectivity index (χ0n) is 14.6. The topological polar surface area (TPSA) is 72.5 Å². The number of rotatable bonds is 5. The molecule has 0 amide bonds. The second-order valence-electron chi connectivity index (χ2n) is 6.36. The molecule has 0 heterocycles. The molecule has 0 aromatic heterocycles. The molecule has 0 spiro atoms. The molecule has 0 bridgehead atoms. The average molecular weight is 394 g/mol. The molecule has 1 atom stereocenters. The van der Waals surface area contributed by atoms with Gasteiger partial charge in [-0.05, 0) is 61.1 Å². The average Bonchev–Trinajstić information content (AvgIpc) is 3.08. The Morgan fingerprint density at radius 2 is 1.88 bits per heavy atom. The first-order valence-corrected chi connectivity index (χ1v) is 10.2. The van der Waals surface area contributed by atoms with E-state index in [-0.39, 0.29) is 15.5 Å². The Bertz CT molecular complexity index is 956. The number of methoxy groups -OCH3 is 1. The van der Waals surface area contributed by atoms with Crippen LogP contribution in [-0.4, -0.2) is 21.5 Å². The number of carbonyl (C=O) groups excluding carboxylic acids is 1. The van der Waals surface area contributed by atoms with Crippen molar-refractivity contribution in [3.05, 3.63) is 63.7 Å². The fraction of sp³-hybridized carbons (Fsp3) is 0.316. The minimum Gasteiger partial charge on any atom is -0.465 e. The summed E-state index contributed by atoms with van der Waals surface area (Å²) in [6, 6.07) is 9.67. The van der Waals surface area contributed by atoms with Crippen LogP contribution in [0, 0.1) is 0 Å². The van der Waals surface area contributed by atoms with E-state index in [1.807, 2.05) is 6.07 Å². The van der Waals surface area contributed by atoms with E-state index in [1.54, 1.807) is 6.92 Å². The third-order valence-corrected chi connectivity index (χ3v) is 6.48. The van der Waals surface area contributed by atoms with Crippen molar-refractivity contribution in [3.63, 3.8) is 0 Å². The maximum atomic E-state index is 12.7. The number of aryl methyl sites for hydroxylation is 2. The van der Waals surface area contributed by atoms with Gasteiger partial charge < -0.3 is 4.74 Å². The van der Waals surface area contributed by atoms with Crippen LogP contribution in [0.2, 0.25) is 5.02 Å². The van der Waals surface area contributed by atoms with Crippen LogP contribution in [0.1, 0.15) is 46.4 Å². The van der Waals surface area contributed by atoms with Crippen LogP contribution in [0.3, 0.4) is 0 Å². The molecule has 1 aliphatic carbocycles. The lowest BCUT2D eigenvalue weighted by Crippen LogP contribution is -2.27. The second kappa shape index (κ2) is 7.39. The van der Waals surface area contributed by atoms with Crippen LogP contribution >= 0.6 is 11.6 Å². The lowest BCUT2D eigenvalue weighted by atomic mass is 10.0. The number of carbonyl (C=O) groups is 1. The van der Waals surface area contributed by atoms with Gasteiger partial charge in [-0.3, -0.25) is 0 Å². The van der Waals surface area contributed by atoms with E-state index < -0.39 is 22.0 Å². The van der Waals surface area contributed by atoms with Crippen LogP contribution in [0.5, 0.6) is 0 Å². The summed E-state index contributed by atoms with van der Waals surface area (Å²) in [5, 5.41) is 0.141. The Morgan fingerprint density at radius 3 is 2.62 bits per heavy atom. The normalized spacial score (nSPS) is 14.7. The molecule has 1 aliphatic rings. The van der Waals surface area contributed by atoms with E-state index in [0.29, 0.717) is 0 Å². The van der Waals surface area contributed by atoms with Gasteiger partial charge >= 0.3 is 5.97 Å². The van der Waals surface area contributed by atoms with E-state index in [2.05, 4.69) is 21.6 Å². The number of fused-ring (bicyclic) bond motifs is 1. The minimum absolute atomic E-state index is 0.0159. The number of nitrogens with one attached hydrogen (secondary N) is 1. The van der Waals surface area contributed by atoms with Gasteiger partial charge in [-0.1, -0.05) is 29.8 Å². The Labute approximate surface area is 158 Å². The molecule has 7 heteroatoms. The van der Waals surface area contributed by atoms with Crippen molar-refractivity contribution in [2.24, 2.45) is 0 Å². The zero-order chi connectivity index (χ0) is 18.9. The Balaban J connectivity index is 1.85. The molecule has 0 radical (unpaired) electrons. The van der Waals surface area contributed by atoms with Crippen molar-refractivity contribution in [2.75, 3.05) is 7.11 Å². The number of halogens is 1. The maximum absolute atomic E-state index is 12.7. The molecule has 1 N–H and O–H groups in total. The molecule has 0 aliphatic heterocycles. The van der Waals surface area contributed by atoms with Crippen LogP contribution < -0.4 is 4.72 Å². The Morgan fingerprint density at radius 1 is 1.15 bits per heavy atom. The van der Waals surface area contributed by atoms with Gasteiger partial charge in [-0.2, -0.15) is 0 Å². The van der Waals surface area contributed by atoms with E-state index in [9.17, 15) is 13.2 Å². The monoisotopic (exact) mass is 393 g/mol. The molecule has 0 unspecified atom stereocenters. The Hall–Kier alpha value is -1.89. The van der Waals surface area contributed by atoms with Crippen molar-refractivity contribution in [1.29, 1.82) is 0 Å². The zero-order valence-corrected chi connectivity index (χ0v) is 16.2. The number of esters is 1. The molecule has 2 aromatic rings. The SMILES string of the molecule is COC(=O)c1cc(S(=O)(=O)N[C@H](C)c2ccc3c(c2)CCC3)ccc1Cl. The van der Waals surface area contributed by atoms with Crippen LogP contribution in [0.25, 0.3) is 0 Å². The first-order valence-electron chi connectivity index (χ1n) is 8.33. The van der Waals surface area contributed by atoms with Crippen molar-refractivity contribution in [2.45, 2.75) is 37.1 Å². The molecule has 3 rings (SSSR count). The summed E-state index contributed by atoms with van der Waals surface area (Å²) < 4.78 is 32.7. The fourth-order valence-corrected chi connectivity index (χ4v) is 4.62. The van der Waals surface area contributed by atoms with Crippen molar-refractivity contribution in [1.82, 2.24) is 4.72 Å². The minimum atomic E-state index is -3.82. The number of benzene rings is 2. The van der Waals surface area contributed by atoms with Gasteiger partial charge in [0, 0.05) is 6.04 Å². The van der Waals surface area contributed by atoms with Crippen molar-refractivity contribution >= 4 is 27.6 Å². The van der Waals surface area contributed by atoms with E-state index in [4.69, 9.17) is 11.6 Å². The van der Waals surface area contributed by atoms with Gasteiger partial charge in [0.2, 0.25) is 10.0 Å². The van der Waals surface area contributed by atoms with E-state index >= 15 is 0 Å². The first kappa shape index (κ1) is 18.9. The third kappa shape index (κ3) is 3.77.